The molecule has 3 rings (SSSR count). The molecule has 2 aromatic heterocycles. The van der Waals surface area contributed by atoms with Crippen molar-refractivity contribution in [2.45, 2.75) is 25.8 Å². The molecule has 1 unspecified atom stereocenters. The topological polar surface area (TPSA) is 64.1 Å². The van der Waals surface area contributed by atoms with Gasteiger partial charge < -0.3 is 14.3 Å². The van der Waals surface area contributed by atoms with Crippen molar-refractivity contribution in [2.75, 3.05) is 7.05 Å². The number of furan rings is 1. The van der Waals surface area contributed by atoms with Crippen molar-refractivity contribution < 1.29 is 8.94 Å². The summed E-state index contributed by atoms with van der Waals surface area (Å²) in [6.07, 6.45) is 3.41. The van der Waals surface area contributed by atoms with E-state index < -0.39 is 0 Å². The highest BCUT2D eigenvalue weighted by Gasteiger charge is 2.14. The second kappa shape index (κ2) is 5.46. The average molecular weight is 271 g/mol. The van der Waals surface area contributed by atoms with E-state index in [0.717, 1.165) is 29.4 Å². The van der Waals surface area contributed by atoms with Crippen molar-refractivity contribution in [3.63, 3.8) is 0 Å². The molecule has 0 spiro atoms. The number of hydrogen-bond donors (Lipinski definition) is 1. The van der Waals surface area contributed by atoms with E-state index in [9.17, 15) is 0 Å². The van der Waals surface area contributed by atoms with Gasteiger partial charge in [-0.25, -0.2) is 0 Å². The second-order valence-corrected chi connectivity index (χ2v) is 4.89. The molecule has 0 fully saturated rings. The van der Waals surface area contributed by atoms with Crippen LogP contribution in [0.2, 0.25) is 0 Å². The largest absolute Gasteiger partial charge is 0.464 e. The van der Waals surface area contributed by atoms with Crippen LogP contribution in [-0.4, -0.2) is 23.2 Å². The molecule has 1 N–H and O–H groups in total. The Bertz CT molecular complexity index is 702. The maximum Gasteiger partial charge on any atom is 0.227 e. The molecule has 0 aliphatic rings. The zero-order chi connectivity index (χ0) is 13.9. The summed E-state index contributed by atoms with van der Waals surface area (Å²) in [6.45, 7) is 2.13. The fraction of sp³-hybridized carbons (Fsp3) is 0.333. The molecule has 3 aromatic rings. The third-order valence-corrected chi connectivity index (χ3v) is 3.47. The van der Waals surface area contributed by atoms with Gasteiger partial charge in [-0.15, -0.1) is 0 Å². The standard InChI is InChI=1S/C15H17N3O2/c1-10(16-2)7-8-14-17-15(18-20-14)12-9-19-13-6-4-3-5-11(12)13/h3-6,9-10,16H,7-8H2,1-2H3. The first-order chi connectivity index (χ1) is 9.78. The van der Waals surface area contributed by atoms with Gasteiger partial charge in [-0.3, -0.25) is 0 Å². The molecule has 1 aromatic carbocycles. The number of aromatic nitrogens is 2. The van der Waals surface area contributed by atoms with Gasteiger partial charge in [0.15, 0.2) is 0 Å². The van der Waals surface area contributed by atoms with E-state index in [1.807, 2.05) is 31.3 Å². The van der Waals surface area contributed by atoms with Gasteiger partial charge in [-0.05, 0) is 26.5 Å². The molecule has 20 heavy (non-hydrogen) atoms. The van der Waals surface area contributed by atoms with Gasteiger partial charge in [-0.1, -0.05) is 23.4 Å². The van der Waals surface area contributed by atoms with E-state index in [4.69, 9.17) is 8.94 Å². The van der Waals surface area contributed by atoms with Crippen LogP contribution in [0.25, 0.3) is 22.4 Å². The Labute approximate surface area is 117 Å². The molecule has 0 bridgehead atoms. The highest BCUT2D eigenvalue weighted by molar-refractivity contribution is 5.91. The Morgan fingerprint density at radius 1 is 1.30 bits per heavy atom. The molecule has 5 heteroatoms. The van der Waals surface area contributed by atoms with Crippen molar-refractivity contribution in [1.82, 2.24) is 15.5 Å². The first-order valence-corrected chi connectivity index (χ1v) is 6.74. The number of aryl methyl sites for hydroxylation is 1. The number of hydrogen-bond acceptors (Lipinski definition) is 5. The normalized spacial score (nSPS) is 12.9. The van der Waals surface area contributed by atoms with E-state index >= 15 is 0 Å². The summed E-state index contributed by atoms with van der Waals surface area (Å²) < 4.78 is 10.8. The lowest BCUT2D eigenvalue weighted by molar-refractivity contribution is 0.369. The SMILES string of the molecule is CNC(C)CCc1nc(-c2coc3ccccc23)no1. The molecular weight excluding hydrogens is 254 g/mol. The van der Waals surface area contributed by atoms with Gasteiger partial charge in [-0.2, -0.15) is 4.98 Å². The molecule has 0 aliphatic carbocycles. The predicted molar refractivity (Wildman–Crippen MR) is 76.3 cm³/mol. The van der Waals surface area contributed by atoms with Crippen molar-refractivity contribution in [2.24, 2.45) is 0 Å². The minimum atomic E-state index is 0.431. The summed E-state index contributed by atoms with van der Waals surface area (Å²) in [5, 5.41) is 8.24. The number of rotatable bonds is 5. The van der Waals surface area contributed by atoms with Crippen molar-refractivity contribution in [1.29, 1.82) is 0 Å². The van der Waals surface area contributed by atoms with E-state index in [0.29, 0.717) is 17.8 Å². The second-order valence-electron chi connectivity index (χ2n) is 4.89. The summed E-state index contributed by atoms with van der Waals surface area (Å²) in [4.78, 5) is 4.44. The maximum atomic E-state index is 5.50. The lowest BCUT2D eigenvalue weighted by Crippen LogP contribution is -2.21. The monoisotopic (exact) mass is 271 g/mol. The molecule has 104 valence electrons. The molecule has 0 aliphatic heterocycles. The van der Waals surface area contributed by atoms with Crippen LogP contribution >= 0.6 is 0 Å². The van der Waals surface area contributed by atoms with E-state index in [-0.39, 0.29) is 0 Å². The lowest BCUT2D eigenvalue weighted by atomic mass is 10.1. The Morgan fingerprint density at radius 2 is 2.15 bits per heavy atom. The summed E-state index contributed by atoms with van der Waals surface area (Å²) in [7, 11) is 1.95. The Morgan fingerprint density at radius 3 is 3.00 bits per heavy atom. The Hall–Kier alpha value is -2.14. The minimum absolute atomic E-state index is 0.431. The Kier molecular flexibility index (Phi) is 3.52. The van der Waals surface area contributed by atoms with Crippen LogP contribution in [-0.2, 0) is 6.42 Å². The van der Waals surface area contributed by atoms with Gasteiger partial charge in [0.25, 0.3) is 0 Å². The molecule has 5 nitrogen and oxygen atoms in total. The molecule has 0 amide bonds. The van der Waals surface area contributed by atoms with Gasteiger partial charge in [0.05, 0.1) is 5.56 Å². The zero-order valence-electron chi connectivity index (χ0n) is 11.6. The fourth-order valence-electron chi connectivity index (χ4n) is 2.10. The van der Waals surface area contributed by atoms with Crippen molar-refractivity contribution in [3.8, 4) is 11.4 Å². The zero-order valence-corrected chi connectivity index (χ0v) is 11.6. The fourth-order valence-corrected chi connectivity index (χ4v) is 2.10. The van der Waals surface area contributed by atoms with Crippen molar-refractivity contribution in [3.05, 3.63) is 36.4 Å². The van der Waals surface area contributed by atoms with Gasteiger partial charge in [0.1, 0.15) is 11.8 Å². The molecule has 0 saturated heterocycles. The third kappa shape index (κ3) is 2.44. The lowest BCUT2D eigenvalue weighted by Gasteiger charge is -2.06. The maximum absolute atomic E-state index is 5.50. The molecule has 0 radical (unpaired) electrons. The van der Waals surface area contributed by atoms with E-state index in [2.05, 4.69) is 22.4 Å². The first-order valence-electron chi connectivity index (χ1n) is 6.74. The predicted octanol–water partition coefficient (Wildman–Crippen LogP) is 3.02. The highest BCUT2D eigenvalue weighted by atomic mass is 16.5. The summed E-state index contributed by atoms with van der Waals surface area (Å²) in [6, 6.07) is 8.26. The van der Waals surface area contributed by atoms with Crippen LogP contribution in [0.3, 0.4) is 0 Å². The third-order valence-electron chi connectivity index (χ3n) is 3.47. The number of nitrogens with one attached hydrogen (secondary N) is 1. The van der Waals surface area contributed by atoms with Gasteiger partial charge in [0, 0.05) is 17.8 Å². The molecular formula is C15H17N3O2. The summed E-state index contributed by atoms with van der Waals surface area (Å²) in [5.41, 5.74) is 1.70. The molecule has 2 heterocycles. The van der Waals surface area contributed by atoms with Crippen LogP contribution in [0.4, 0.5) is 0 Å². The number of nitrogens with zero attached hydrogens (tertiary/aromatic N) is 2. The van der Waals surface area contributed by atoms with Crippen LogP contribution in [0, 0.1) is 0 Å². The number of fused-ring (bicyclic) bond motifs is 1. The van der Waals surface area contributed by atoms with E-state index in [1.54, 1.807) is 6.26 Å². The average Bonchev–Trinajstić information content (AvgIpc) is 3.10. The van der Waals surface area contributed by atoms with Gasteiger partial charge in [0.2, 0.25) is 11.7 Å². The Balaban J connectivity index is 1.83. The van der Waals surface area contributed by atoms with Crippen molar-refractivity contribution >= 4 is 11.0 Å². The molecule has 0 saturated carbocycles. The van der Waals surface area contributed by atoms with Crippen LogP contribution in [0.5, 0.6) is 0 Å². The van der Waals surface area contributed by atoms with Crippen LogP contribution in [0.1, 0.15) is 19.2 Å². The van der Waals surface area contributed by atoms with E-state index in [1.165, 1.54) is 0 Å². The summed E-state index contributed by atoms with van der Waals surface area (Å²) >= 11 is 0. The van der Waals surface area contributed by atoms with Gasteiger partial charge >= 0.3 is 0 Å². The smallest absolute Gasteiger partial charge is 0.227 e. The number of para-hydroxylation sites is 1. The van der Waals surface area contributed by atoms with Crippen LogP contribution < -0.4 is 5.32 Å². The quantitative estimate of drug-likeness (QED) is 0.772. The first kappa shape index (κ1) is 12.9. The highest BCUT2D eigenvalue weighted by Crippen LogP contribution is 2.28. The van der Waals surface area contributed by atoms with Crippen LogP contribution in [0.15, 0.2) is 39.5 Å². The number of benzene rings is 1. The summed E-state index contributed by atoms with van der Waals surface area (Å²) in [5.74, 6) is 1.24. The molecule has 1 atom stereocenters. The minimum Gasteiger partial charge on any atom is -0.464 e.